The maximum atomic E-state index is 12.7. The third kappa shape index (κ3) is 5.52. The van der Waals surface area contributed by atoms with Crippen LogP contribution in [0.25, 0.3) is 0 Å². The lowest BCUT2D eigenvalue weighted by Gasteiger charge is -2.33. The van der Waals surface area contributed by atoms with E-state index in [4.69, 9.17) is 4.42 Å². The molecular formula is C20H21F3N2O4. The molecule has 0 radical (unpaired) electrons. The van der Waals surface area contributed by atoms with Crippen molar-refractivity contribution in [3.8, 4) is 5.75 Å². The molecule has 0 aliphatic carbocycles. The number of ether oxygens (including phenoxy) is 1. The Balaban J connectivity index is 1.50. The van der Waals surface area contributed by atoms with Crippen LogP contribution in [0.3, 0.4) is 0 Å². The van der Waals surface area contributed by atoms with Gasteiger partial charge in [-0.1, -0.05) is 12.1 Å². The Morgan fingerprint density at radius 3 is 2.38 bits per heavy atom. The van der Waals surface area contributed by atoms with Crippen molar-refractivity contribution in [1.82, 2.24) is 9.80 Å². The van der Waals surface area contributed by atoms with Crippen molar-refractivity contribution in [2.24, 2.45) is 5.92 Å². The quantitative estimate of drug-likeness (QED) is 0.754. The zero-order valence-electron chi connectivity index (χ0n) is 15.8. The van der Waals surface area contributed by atoms with Crippen LogP contribution in [-0.4, -0.2) is 48.1 Å². The van der Waals surface area contributed by atoms with E-state index in [9.17, 15) is 22.8 Å². The van der Waals surface area contributed by atoms with Crippen molar-refractivity contribution in [3.05, 3.63) is 54.0 Å². The summed E-state index contributed by atoms with van der Waals surface area (Å²) < 4.78 is 45.4. The molecule has 29 heavy (non-hydrogen) atoms. The topological polar surface area (TPSA) is 63.0 Å². The van der Waals surface area contributed by atoms with Crippen LogP contribution in [0.4, 0.5) is 13.2 Å². The van der Waals surface area contributed by atoms with Crippen molar-refractivity contribution in [2.45, 2.75) is 25.7 Å². The summed E-state index contributed by atoms with van der Waals surface area (Å²) >= 11 is 0. The van der Waals surface area contributed by atoms with Crippen LogP contribution in [0.15, 0.2) is 47.3 Å². The summed E-state index contributed by atoms with van der Waals surface area (Å²) in [6.45, 7) is 1.24. The highest BCUT2D eigenvalue weighted by atomic mass is 19.4. The van der Waals surface area contributed by atoms with Gasteiger partial charge in [0.1, 0.15) is 12.0 Å². The second-order valence-electron chi connectivity index (χ2n) is 6.96. The zero-order valence-corrected chi connectivity index (χ0v) is 15.8. The molecule has 0 spiro atoms. The Hall–Kier alpha value is -2.97. The van der Waals surface area contributed by atoms with E-state index in [-0.39, 0.29) is 30.0 Å². The van der Waals surface area contributed by atoms with Gasteiger partial charge in [0, 0.05) is 32.6 Å². The Morgan fingerprint density at radius 2 is 1.83 bits per heavy atom. The van der Waals surface area contributed by atoms with E-state index >= 15 is 0 Å². The van der Waals surface area contributed by atoms with Crippen LogP contribution in [0.1, 0.15) is 28.8 Å². The van der Waals surface area contributed by atoms with Gasteiger partial charge in [-0.05, 0) is 36.6 Å². The maximum Gasteiger partial charge on any atom is 0.573 e. The number of carbonyl (C=O) groups excluding carboxylic acids is 2. The van der Waals surface area contributed by atoms with Crippen molar-refractivity contribution < 1.29 is 31.9 Å². The van der Waals surface area contributed by atoms with Crippen LogP contribution in [0.5, 0.6) is 5.75 Å². The van der Waals surface area contributed by atoms with Gasteiger partial charge in [0.05, 0.1) is 11.8 Å². The number of furan rings is 1. The van der Waals surface area contributed by atoms with Gasteiger partial charge in [-0.2, -0.15) is 0 Å². The number of halogens is 3. The molecule has 0 bridgehead atoms. The molecule has 1 aliphatic heterocycles. The number of benzene rings is 1. The van der Waals surface area contributed by atoms with Crippen LogP contribution in [0.2, 0.25) is 0 Å². The molecule has 0 saturated carbocycles. The maximum absolute atomic E-state index is 12.7. The first-order valence-corrected chi connectivity index (χ1v) is 9.14. The highest BCUT2D eigenvalue weighted by Crippen LogP contribution is 2.24. The fourth-order valence-electron chi connectivity index (χ4n) is 3.36. The third-order valence-electron chi connectivity index (χ3n) is 4.85. The molecule has 2 aromatic rings. The van der Waals surface area contributed by atoms with E-state index in [0.29, 0.717) is 37.1 Å². The molecular weight excluding hydrogens is 389 g/mol. The minimum atomic E-state index is -4.73. The van der Waals surface area contributed by atoms with Gasteiger partial charge in [-0.25, -0.2) is 0 Å². The standard InChI is InChI=1S/C20H21F3N2O4/c1-24(12-14-2-4-17(5-3-14)29-20(21,22)23)18(26)15-6-9-25(10-7-15)19(27)16-8-11-28-13-16/h2-5,8,11,13,15H,6-7,9-10,12H2,1H3. The van der Waals surface area contributed by atoms with Crippen LogP contribution in [-0.2, 0) is 11.3 Å². The molecule has 0 N–H and O–H groups in total. The predicted molar refractivity (Wildman–Crippen MR) is 96.9 cm³/mol. The first-order chi connectivity index (χ1) is 13.7. The van der Waals surface area contributed by atoms with E-state index in [1.807, 2.05) is 0 Å². The number of rotatable bonds is 5. The number of amides is 2. The number of nitrogens with zero attached hydrogens (tertiary/aromatic N) is 2. The Morgan fingerprint density at radius 1 is 1.17 bits per heavy atom. The van der Waals surface area contributed by atoms with Crippen molar-refractivity contribution in [3.63, 3.8) is 0 Å². The average molecular weight is 410 g/mol. The van der Waals surface area contributed by atoms with Gasteiger partial charge in [0.15, 0.2) is 0 Å². The van der Waals surface area contributed by atoms with Gasteiger partial charge in [0.2, 0.25) is 5.91 Å². The molecule has 1 aliphatic rings. The first-order valence-electron chi connectivity index (χ1n) is 9.14. The van der Waals surface area contributed by atoms with E-state index in [0.717, 1.165) is 0 Å². The summed E-state index contributed by atoms with van der Waals surface area (Å²) in [5, 5.41) is 0. The monoisotopic (exact) mass is 410 g/mol. The summed E-state index contributed by atoms with van der Waals surface area (Å²) in [6, 6.07) is 7.05. The summed E-state index contributed by atoms with van der Waals surface area (Å²) in [5.74, 6) is -0.652. The molecule has 1 aromatic heterocycles. The number of alkyl halides is 3. The number of carbonyl (C=O) groups is 2. The highest BCUT2D eigenvalue weighted by Gasteiger charge is 2.31. The van der Waals surface area contributed by atoms with E-state index < -0.39 is 6.36 Å². The van der Waals surface area contributed by atoms with Gasteiger partial charge in [0.25, 0.3) is 5.91 Å². The average Bonchev–Trinajstić information content (AvgIpc) is 3.22. The Bertz CT molecular complexity index is 826. The molecule has 9 heteroatoms. The SMILES string of the molecule is CN(Cc1ccc(OC(F)(F)F)cc1)C(=O)C1CCN(C(=O)c2ccoc2)CC1. The molecule has 1 aromatic carbocycles. The molecule has 0 atom stereocenters. The number of likely N-dealkylation sites (tertiary alicyclic amines) is 1. The molecule has 1 fully saturated rings. The molecule has 1 saturated heterocycles. The van der Waals surface area contributed by atoms with Gasteiger partial charge in [-0.3, -0.25) is 9.59 Å². The van der Waals surface area contributed by atoms with E-state index in [1.165, 1.54) is 36.8 Å². The third-order valence-corrected chi connectivity index (χ3v) is 4.85. The largest absolute Gasteiger partial charge is 0.573 e. The summed E-state index contributed by atoms with van der Waals surface area (Å²) in [5.41, 5.74) is 1.19. The second kappa shape index (κ2) is 8.59. The lowest BCUT2D eigenvalue weighted by Crippen LogP contribution is -2.43. The number of hydrogen-bond acceptors (Lipinski definition) is 4. The van der Waals surface area contributed by atoms with Crippen LogP contribution < -0.4 is 4.74 Å². The predicted octanol–water partition coefficient (Wildman–Crippen LogP) is 3.69. The molecule has 2 heterocycles. The second-order valence-corrected chi connectivity index (χ2v) is 6.96. The fourth-order valence-corrected chi connectivity index (χ4v) is 3.36. The normalized spacial score (nSPS) is 15.2. The molecule has 0 unspecified atom stereocenters. The number of hydrogen-bond donors (Lipinski definition) is 0. The summed E-state index contributed by atoms with van der Waals surface area (Å²) in [6.07, 6.45) is -0.767. The minimum Gasteiger partial charge on any atom is -0.472 e. The molecule has 2 amide bonds. The van der Waals surface area contributed by atoms with Gasteiger partial charge in [-0.15, -0.1) is 13.2 Å². The lowest BCUT2D eigenvalue weighted by atomic mass is 9.95. The zero-order chi connectivity index (χ0) is 21.0. The van der Waals surface area contributed by atoms with Crippen molar-refractivity contribution in [1.29, 1.82) is 0 Å². The van der Waals surface area contributed by atoms with E-state index in [1.54, 1.807) is 22.9 Å². The summed E-state index contributed by atoms with van der Waals surface area (Å²) in [4.78, 5) is 28.3. The Labute approximate surface area is 165 Å². The minimum absolute atomic E-state index is 0.0453. The first kappa shape index (κ1) is 20.8. The van der Waals surface area contributed by atoms with E-state index in [2.05, 4.69) is 4.74 Å². The van der Waals surface area contributed by atoms with Gasteiger partial charge >= 0.3 is 6.36 Å². The molecule has 156 valence electrons. The smallest absolute Gasteiger partial charge is 0.472 e. The Kier molecular flexibility index (Phi) is 6.14. The molecule has 6 nitrogen and oxygen atoms in total. The van der Waals surface area contributed by atoms with Gasteiger partial charge < -0.3 is 19.0 Å². The number of piperidine rings is 1. The lowest BCUT2D eigenvalue weighted by molar-refractivity contribution is -0.274. The highest BCUT2D eigenvalue weighted by molar-refractivity contribution is 5.94. The molecule has 3 rings (SSSR count). The van der Waals surface area contributed by atoms with Crippen LogP contribution >= 0.6 is 0 Å². The van der Waals surface area contributed by atoms with Crippen molar-refractivity contribution >= 4 is 11.8 Å². The van der Waals surface area contributed by atoms with Crippen molar-refractivity contribution in [2.75, 3.05) is 20.1 Å². The fraction of sp³-hybridized carbons (Fsp3) is 0.400. The van der Waals surface area contributed by atoms with Crippen LogP contribution in [0, 0.1) is 5.92 Å². The summed E-state index contributed by atoms with van der Waals surface area (Å²) in [7, 11) is 1.66.